The lowest BCUT2D eigenvalue weighted by Gasteiger charge is -2.16. The molecule has 0 aliphatic carbocycles. The maximum atomic E-state index is 3.74. The SMILES string of the molecule is C=CCCC(C)Nc1cc(C)ccc1C. The maximum absolute atomic E-state index is 3.74. The summed E-state index contributed by atoms with van der Waals surface area (Å²) in [5.74, 6) is 0. The molecule has 1 heteroatoms. The van der Waals surface area contributed by atoms with Crippen LogP contribution in [0.1, 0.15) is 30.9 Å². The fraction of sp³-hybridized carbons (Fsp3) is 0.429. The molecule has 0 aromatic heterocycles. The average Bonchev–Trinajstić information content (AvgIpc) is 2.20. The van der Waals surface area contributed by atoms with Crippen molar-refractivity contribution in [2.45, 2.75) is 39.7 Å². The second kappa shape index (κ2) is 5.59. The fourth-order valence-electron chi connectivity index (χ4n) is 1.60. The van der Waals surface area contributed by atoms with Crippen LogP contribution in [0.5, 0.6) is 0 Å². The molecule has 1 unspecified atom stereocenters. The van der Waals surface area contributed by atoms with Crippen LogP contribution in [-0.4, -0.2) is 6.04 Å². The molecule has 82 valence electrons. The van der Waals surface area contributed by atoms with E-state index in [2.05, 4.69) is 50.9 Å². The molecular weight excluding hydrogens is 182 g/mol. The Morgan fingerprint density at radius 2 is 2.13 bits per heavy atom. The molecule has 1 rings (SSSR count). The van der Waals surface area contributed by atoms with Crippen molar-refractivity contribution in [2.75, 3.05) is 5.32 Å². The Morgan fingerprint density at radius 3 is 2.80 bits per heavy atom. The Morgan fingerprint density at radius 1 is 1.40 bits per heavy atom. The summed E-state index contributed by atoms with van der Waals surface area (Å²) in [7, 11) is 0. The predicted molar refractivity (Wildman–Crippen MR) is 68.4 cm³/mol. The molecule has 0 heterocycles. The standard InChI is InChI=1S/C14H21N/c1-5-6-7-13(4)15-14-10-11(2)8-9-12(14)3/h5,8-10,13,15H,1,6-7H2,2-4H3. The molecule has 0 saturated heterocycles. The first-order chi connectivity index (χ1) is 7.13. The summed E-state index contributed by atoms with van der Waals surface area (Å²) in [5.41, 5.74) is 3.87. The molecule has 0 amide bonds. The van der Waals surface area contributed by atoms with E-state index < -0.39 is 0 Å². The van der Waals surface area contributed by atoms with Crippen molar-refractivity contribution in [3.63, 3.8) is 0 Å². The van der Waals surface area contributed by atoms with Gasteiger partial charge < -0.3 is 5.32 Å². The second-order valence-corrected chi connectivity index (χ2v) is 4.23. The van der Waals surface area contributed by atoms with Crippen LogP contribution < -0.4 is 5.32 Å². The number of hydrogen-bond donors (Lipinski definition) is 1. The Kier molecular flexibility index (Phi) is 4.41. The fourth-order valence-corrected chi connectivity index (χ4v) is 1.60. The molecule has 1 nitrogen and oxygen atoms in total. The number of rotatable bonds is 5. The third-order valence-electron chi connectivity index (χ3n) is 2.60. The monoisotopic (exact) mass is 203 g/mol. The summed E-state index contributed by atoms with van der Waals surface area (Å²) in [6.45, 7) is 10.2. The van der Waals surface area contributed by atoms with Gasteiger partial charge in [-0.25, -0.2) is 0 Å². The molecule has 1 aromatic rings. The van der Waals surface area contributed by atoms with E-state index in [0.717, 1.165) is 12.8 Å². The molecule has 0 saturated carbocycles. The van der Waals surface area contributed by atoms with E-state index >= 15 is 0 Å². The number of allylic oxidation sites excluding steroid dienone is 1. The normalized spacial score (nSPS) is 12.2. The van der Waals surface area contributed by atoms with Crippen molar-refractivity contribution < 1.29 is 0 Å². The highest BCUT2D eigenvalue weighted by atomic mass is 14.9. The van der Waals surface area contributed by atoms with E-state index in [1.165, 1.54) is 16.8 Å². The highest BCUT2D eigenvalue weighted by Crippen LogP contribution is 2.18. The molecule has 0 bridgehead atoms. The van der Waals surface area contributed by atoms with Crippen LogP contribution in [0.25, 0.3) is 0 Å². The van der Waals surface area contributed by atoms with Crippen LogP contribution in [-0.2, 0) is 0 Å². The van der Waals surface area contributed by atoms with Gasteiger partial charge in [-0.1, -0.05) is 18.2 Å². The second-order valence-electron chi connectivity index (χ2n) is 4.23. The quantitative estimate of drug-likeness (QED) is 0.711. The topological polar surface area (TPSA) is 12.0 Å². The largest absolute Gasteiger partial charge is 0.382 e. The molecule has 0 radical (unpaired) electrons. The molecule has 1 aromatic carbocycles. The molecule has 1 atom stereocenters. The minimum absolute atomic E-state index is 0.503. The third kappa shape index (κ3) is 3.78. The summed E-state index contributed by atoms with van der Waals surface area (Å²) < 4.78 is 0. The Bertz CT molecular complexity index is 328. The lowest BCUT2D eigenvalue weighted by Crippen LogP contribution is -2.15. The zero-order chi connectivity index (χ0) is 11.3. The van der Waals surface area contributed by atoms with Crippen molar-refractivity contribution in [2.24, 2.45) is 0 Å². The highest BCUT2D eigenvalue weighted by molar-refractivity contribution is 5.52. The highest BCUT2D eigenvalue weighted by Gasteiger charge is 2.03. The molecule has 1 N–H and O–H groups in total. The van der Waals surface area contributed by atoms with Crippen molar-refractivity contribution in [1.82, 2.24) is 0 Å². The van der Waals surface area contributed by atoms with Gasteiger partial charge in [0.1, 0.15) is 0 Å². The maximum Gasteiger partial charge on any atom is 0.0374 e. The van der Waals surface area contributed by atoms with Crippen LogP contribution in [0.3, 0.4) is 0 Å². The minimum atomic E-state index is 0.503. The molecule has 15 heavy (non-hydrogen) atoms. The van der Waals surface area contributed by atoms with Crippen LogP contribution in [0, 0.1) is 13.8 Å². The zero-order valence-electron chi connectivity index (χ0n) is 10.0. The van der Waals surface area contributed by atoms with Gasteiger partial charge in [-0.2, -0.15) is 0 Å². The number of aryl methyl sites for hydroxylation is 2. The van der Waals surface area contributed by atoms with Crippen LogP contribution in [0.4, 0.5) is 5.69 Å². The van der Waals surface area contributed by atoms with E-state index in [0.29, 0.717) is 6.04 Å². The third-order valence-corrected chi connectivity index (χ3v) is 2.60. The number of anilines is 1. The summed E-state index contributed by atoms with van der Waals surface area (Å²) in [6, 6.07) is 7.02. The number of benzene rings is 1. The summed E-state index contributed by atoms with van der Waals surface area (Å²) in [6.07, 6.45) is 4.18. The summed E-state index contributed by atoms with van der Waals surface area (Å²) in [5, 5.41) is 3.54. The van der Waals surface area contributed by atoms with Crippen LogP contribution in [0.2, 0.25) is 0 Å². The van der Waals surface area contributed by atoms with Gasteiger partial charge in [-0.3, -0.25) is 0 Å². The first-order valence-electron chi connectivity index (χ1n) is 5.58. The van der Waals surface area contributed by atoms with E-state index in [-0.39, 0.29) is 0 Å². The first-order valence-corrected chi connectivity index (χ1v) is 5.58. The van der Waals surface area contributed by atoms with Gasteiger partial charge in [-0.15, -0.1) is 6.58 Å². The average molecular weight is 203 g/mol. The van der Waals surface area contributed by atoms with E-state index in [1.54, 1.807) is 0 Å². The Hall–Kier alpha value is -1.24. The number of hydrogen-bond acceptors (Lipinski definition) is 1. The molecule has 0 aliphatic rings. The van der Waals surface area contributed by atoms with E-state index in [1.807, 2.05) is 6.08 Å². The number of nitrogens with one attached hydrogen (secondary N) is 1. The van der Waals surface area contributed by atoms with Gasteiger partial charge in [0.2, 0.25) is 0 Å². The van der Waals surface area contributed by atoms with E-state index in [4.69, 9.17) is 0 Å². The smallest absolute Gasteiger partial charge is 0.0374 e. The van der Waals surface area contributed by atoms with Crippen LogP contribution >= 0.6 is 0 Å². The van der Waals surface area contributed by atoms with Crippen molar-refractivity contribution in [3.8, 4) is 0 Å². The first kappa shape index (κ1) is 11.8. The molecule has 0 spiro atoms. The van der Waals surface area contributed by atoms with Gasteiger partial charge >= 0.3 is 0 Å². The van der Waals surface area contributed by atoms with Gasteiger partial charge in [0, 0.05) is 11.7 Å². The van der Waals surface area contributed by atoms with E-state index in [9.17, 15) is 0 Å². The molecule has 0 fully saturated rings. The Balaban J connectivity index is 2.62. The van der Waals surface area contributed by atoms with Gasteiger partial charge in [-0.05, 0) is 50.8 Å². The zero-order valence-corrected chi connectivity index (χ0v) is 10.0. The predicted octanol–water partition coefficient (Wildman–Crippen LogP) is 4.07. The van der Waals surface area contributed by atoms with Gasteiger partial charge in [0.25, 0.3) is 0 Å². The van der Waals surface area contributed by atoms with Crippen LogP contribution in [0.15, 0.2) is 30.9 Å². The van der Waals surface area contributed by atoms with Gasteiger partial charge in [0.15, 0.2) is 0 Å². The summed E-state index contributed by atoms with van der Waals surface area (Å²) >= 11 is 0. The van der Waals surface area contributed by atoms with Gasteiger partial charge in [0.05, 0.1) is 0 Å². The minimum Gasteiger partial charge on any atom is -0.382 e. The molecular formula is C14H21N. The van der Waals surface area contributed by atoms with Crippen molar-refractivity contribution in [3.05, 3.63) is 42.0 Å². The Labute approximate surface area is 93.2 Å². The lowest BCUT2D eigenvalue weighted by atomic mass is 10.1. The molecule has 0 aliphatic heterocycles. The van der Waals surface area contributed by atoms with Crippen molar-refractivity contribution >= 4 is 5.69 Å². The lowest BCUT2D eigenvalue weighted by molar-refractivity contribution is 0.718. The summed E-state index contributed by atoms with van der Waals surface area (Å²) in [4.78, 5) is 0. The van der Waals surface area contributed by atoms with Crippen molar-refractivity contribution in [1.29, 1.82) is 0 Å².